The minimum absolute atomic E-state index is 0.0842. The molecule has 18 heavy (non-hydrogen) atoms. The van der Waals surface area contributed by atoms with Gasteiger partial charge in [-0.15, -0.1) is 11.3 Å². The highest BCUT2D eigenvalue weighted by atomic mass is 32.1. The van der Waals surface area contributed by atoms with E-state index in [9.17, 15) is 0 Å². The maximum absolute atomic E-state index is 5.97. The normalized spacial score (nSPS) is 26.1. The van der Waals surface area contributed by atoms with Gasteiger partial charge in [0.2, 0.25) is 0 Å². The SMILES string of the molecule is Cc1nc(N2CC(C)C(N(C)C)C2)sc1C(C)N. The van der Waals surface area contributed by atoms with E-state index in [4.69, 9.17) is 5.73 Å². The van der Waals surface area contributed by atoms with Crippen LogP contribution >= 0.6 is 11.3 Å². The average molecular weight is 268 g/mol. The Morgan fingerprint density at radius 1 is 1.44 bits per heavy atom. The zero-order chi connectivity index (χ0) is 13.4. The van der Waals surface area contributed by atoms with Crippen molar-refractivity contribution in [1.29, 1.82) is 0 Å². The molecule has 0 aromatic carbocycles. The third kappa shape index (κ3) is 2.53. The standard InChI is InChI=1S/C13H24N4S/c1-8-6-17(7-11(8)16(4)5)13-15-10(3)12(18-13)9(2)14/h8-9,11H,6-7,14H2,1-5H3. The highest BCUT2D eigenvalue weighted by Gasteiger charge is 2.32. The lowest BCUT2D eigenvalue weighted by molar-refractivity contribution is 0.266. The molecule has 1 aromatic rings. The van der Waals surface area contributed by atoms with E-state index in [1.807, 2.05) is 6.92 Å². The van der Waals surface area contributed by atoms with Gasteiger partial charge in [-0.1, -0.05) is 6.92 Å². The van der Waals surface area contributed by atoms with Gasteiger partial charge in [-0.2, -0.15) is 0 Å². The molecule has 1 aliphatic heterocycles. The van der Waals surface area contributed by atoms with E-state index in [-0.39, 0.29) is 6.04 Å². The molecule has 0 saturated carbocycles. The summed E-state index contributed by atoms with van der Waals surface area (Å²) in [6, 6.07) is 0.703. The van der Waals surface area contributed by atoms with Crippen molar-refractivity contribution in [2.45, 2.75) is 32.9 Å². The van der Waals surface area contributed by atoms with Crippen LogP contribution in [0.2, 0.25) is 0 Å². The number of thiazole rings is 1. The first-order valence-corrected chi connectivity index (χ1v) is 7.36. The molecule has 1 aliphatic rings. The van der Waals surface area contributed by atoms with E-state index in [2.05, 4.69) is 42.7 Å². The van der Waals surface area contributed by atoms with Gasteiger partial charge in [0.05, 0.1) is 5.69 Å². The molecule has 1 saturated heterocycles. The lowest BCUT2D eigenvalue weighted by atomic mass is 10.1. The maximum atomic E-state index is 5.97. The Balaban J connectivity index is 2.16. The number of rotatable bonds is 3. The zero-order valence-corrected chi connectivity index (χ0v) is 12.8. The Hall–Kier alpha value is -0.650. The number of likely N-dealkylation sites (N-methyl/N-ethyl adjacent to an activating group) is 1. The predicted molar refractivity (Wildman–Crippen MR) is 78.3 cm³/mol. The van der Waals surface area contributed by atoms with Gasteiger partial charge in [0, 0.05) is 30.1 Å². The molecule has 2 heterocycles. The van der Waals surface area contributed by atoms with Gasteiger partial charge in [-0.25, -0.2) is 4.98 Å². The fraction of sp³-hybridized carbons (Fsp3) is 0.769. The molecule has 3 atom stereocenters. The maximum Gasteiger partial charge on any atom is 0.185 e. The molecule has 2 N–H and O–H groups in total. The third-order valence-corrected chi connectivity index (χ3v) is 5.16. The van der Waals surface area contributed by atoms with Crippen LogP contribution in [0.3, 0.4) is 0 Å². The molecular formula is C13H24N4S. The van der Waals surface area contributed by atoms with Crippen molar-refractivity contribution in [3.05, 3.63) is 10.6 Å². The first-order valence-electron chi connectivity index (χ1n) is 6.54. The number of hydrogen-bond acceptors (Lipinski definition) is 5. The van der Waals surface area contributed by atoms with Crippen LogP contribution in [0.5, 0.6) is 0 Å². The minimum atomic E-state index is 0.0842. The van der Waals surface area contributed by atoms with Crippen molar-refractivity contribution >= 4 is 16.5 Å². The lowest BCUT2D eigenvalue weighted by Crippen LogP contribution is -2.34. The Bertz CT molecular complexity index is 413. The molecule has 0 aliphatic carbocycles. The van der Waals surface area contributed by atoms with E-state index < -0.39 is 0 Å². The summed E-state index contributed by atoms with van der Waals surface area (Å²) in [4.78, 5) is 10.6. The molecule has 0 radical (unpaired) electrons. The average Bonchev–Trinajstić information content (AvgIpc) is 2.81. The van der Waals surface area contributed by atoms with Crippen LogP contribution in [0.4, 0.5) is 5.13 Å². The summed E-state index contributed by atoms with van der Waals surface area (Å²) < 4.78 is 0. The van der Waals surface area contributed by atoms with Crippen LogP contribution in [-0.4, -0.2) is 43.1 Å². The van der Waals surface area contributed by atoms with Crippen molar-refractivity contribution < 1.29 is 0 Å². The van der Waals surface area contributed by atoms with Gasteiger partial charge in [0.15, 0.2) is 5.13 Å². The third-order valence-electron chi connectivity index (χ3n) is 3.74. The lowest BCUT2D eigenvalue weighted by Gasteiger charge is -2.22. The molecule has 2 rings (SSSR count). The van der Waals surface area contributed by atoms with E-state index in [1.165, 1.54) is 4.88 Å². The fourth-order valence-corrected chi connectivity index (χ4v) is 3.77. The molecular weight excluding hydrogens is 244 g/mol. The summed E-state index contributed by atoms with van der Waals surface area (Å²) in [6.07, 6.45) is 0. The topological polar surface area (TPSA) is 45.4 Å². The summed E-state index contributed by atoms with van der Waals surface area (Å²) in [6.45, 7) is 8.56. The van der Waals surface area contributed by atoms with Gasteiger partial charge >= 0.3 is 0 Å². The fourth-order valence-electron chi connectivity index (χ4n) is 2.73. The summed E-state index contributed by atoms with van der Waals surface area (Å²) in [7, 11) is 4.32. The van der Waals surface area contributed by atoms with Gasteiger partial charge in [-0.3, -0.25) is 0 Å². The van der Waals surface area contributed by atoms with Crippen LogP contribution < -0.4 is 10.6 Å². The smallest absolute Gasteiger partial charge is 0.185 e. The van der Waals surface area contributed by atoms with E-state index in [0.29, 0.717) is 12.0 Å². The Morgan fingerprint density at radius 3 is 2.56 bits per heavy atom. The quantitative estimate of drug-likeness (QED) is 0.909. The monoisotopic (exact) mass is 268 g/mol. The molecule has 0 bridgehead atoms. The molecule has 1 aromatic heterocycles. The molecule has 0 spiro atoms. The Morgan fingerprint density at radius 2 is 2.11 bits per heavy atom. The molecule has 5 heteroatoms. The summed E-state index contributed by atoms with van der Waals surface area (Å²) in [5, 5.41) is 1.14. The number of nitrogens with two attached hydrogens (primary N) is 1. The number of aromatic nitrogens is 1. The number of anilines is 1. The van der Waals surface area contributed by atoms with Gasteiger partial charge < -0.3 is 15.5 Å². The second-order valence-corrected chi connectivity index (χ2v) is 6.66. The van der Waals surface area contributed by atoms with Crippen molar-refractivity contribution in [1.82, 2.24) is 9.88 Å². The first-order chi connectivity index (χ1) is 8.40. The second-order valence-electron chi connectivity index (χ2n) is 5.65. The Labute approximate surface area is 114 Å². The zero-order valence-electron chi connectivity index (χ0n) is 12.0. The number of aryl methyl sites for hydroxylation is 1. The van der Waals surface area contributed by atoms with Crippen molar-refractivity contribution in [3.8, 4) is 0 Å². The summed E-state index contributed by atoms with van der Waals surface area (Å²) in [5.41, 5.74) is 7.06. The summed E-state index contributed by atoms with van der Waals surface area (Å²) in [5.74, 6) is 0.683. The van der Waals surface area contributed by atoms with Crippen LogP contribution in [0, 0.1) is 12.8 Å². The molecule has 3 unspecified atom stereocenters. The van der Waals surface area contributed by atoms with Gasteiger partial charge in [0.1, 0.15) is 0 Å². The van der Waals surface area contributed by atoms with E-state index >= 15 is 0 Å². The molecule has 0 amide bonds. The Kier molecular flexibility index (Phi) is 3.94. The first kappa shape index (κ1) is 13.8. The second kappa shape index (κ2) is 5.15. The van der Waals surface area contributed by atoms with Crippen LogP contribution in [-0.2, 0) is 0 Å². The van der Waals surface area contributed by atoms with Crippen molar-refractivity contribution in [2.24, 2.45) is 11.7 Å². The van der Waals surface area contributed by atoms with Crippen LogP contribution in [0.25, 0.3) is 0 Å². The molecule has 4 nitrogen and oxygen atoms in total. The largest absolute Gasteiger partial charge is 0.346 e. The van der Waals surface area contributed by atoms with Gasteiger partial charge in [-0.05, 0) is 33.9 Å². The summed E-state index contributed by atoms with van der Waals surface area (Å²) >= 11 is 1.75. The van der Waals surface area contributed by atoms with E-state index in [1.54, 1.807) is 11.3 Å². The van der Waals surface area contributed by atoms with Crippen molar-refractivity contribution in [3.63, 3.8) is 0 Å². The highest BCUT2D eigenvalue weighted by Crippen LogP contribution is 2.33. The predicted octanol–water partition coefficient (Wildman–Crippen LogP) is 1.86. The van der Waals surface area contributed by atoms with Gasteiger partial charge in [0.25, 0.3) is 0 Å². The molecule has 1 fully saturated rings. The highest BCUT2D eigenvalue weighted by molar-refractivity contribution is 7.15. The minimum Gasteiger partial charge on any atom is -0.346 e. The number of nitrogens with zero attached hydrogens (tertiary/aromatic N) is 3. The van der Waals surface area contributed by atoms with E-state index in [0.717, 1.165) is 23.9 Å². The van der Waals surface area contributed by atoms with Crippen LogP contribution in [0.15, 0.2) is 0 Å². The molecule has 102 valence electrons. The van der Waals surface area contributed by atoms with Crippen molar-refractivity contribution in [2.75, 3.05) is 32.1 Å². The van der Waals surface area contributed by atoms with Crippen LogP contribution in [0.1, 0.15) is 30.5 Å². The number of hydrogen-bond donors (Lipinski definition) is 1.